The van der Waals surface area contributed by atoms with E-state index in [2.05, 4.69) is 5.32 Å². The number of nitrogens with one attached hydrogen (secondary N) is 1. The van der Waals surface area contributed by atoms with Gasteiger partial charge in [0, 0.05) is 25.2 Å². The van der Waals surface area contributed by atoms with E-state index in [0.717, 1.165) is 0 Å². The van der Waals surface area contributed by atoms with Gasteiger partial charge in [-0.15, -0.1) is 0 Å². The topological polar surface area (TPSA) is 63.2 Å². The lowest BCUT2D eigenvalue weighted by atomic mass is 9.95. The van der Waals surface area contributed by atoms with Crippen molar-refractivity contribution in [2.75, 3.05) is 0 Å². The van der Waals surface area contributed by atoms with Crippen LogP contribution in [0.3, 0.4) is 0 Å². The van der Waals surface area contributed by atoms with Crippen LogP contribution in [0.25, 0.3) is 0 Å². The summed E-state index contributed by atoms with van der Waals surface area (Å²) in [6.07, 6.45) is 0.731. The fourth-order valence-electron chi connectivity index (χ4n) is 1.51. The third-order valence-corrected chi connectivity index (χ3v) is 2.61. The number of carbonyl (C=O) groups excluding carboxylic acids is 3. The van der Waals surface area contributed by atoms with Crippen LogP contribution in [-0.4, -0.2) is 23.5 Å². The summed E-state index contributed by atoms with van der Waals surface area (Å²) in [6.45, 7) is 8.63. The molecular weight excluding hydrogens is 218 g/mol. The molecule has 0 fully saturated rings. The molecule has 0 heterocycles. The van der Waals surface area contributed by atoms with Crippen LogP contribution in [0.5, 0.6) is 0 Å². The maximum atomic E-state index is 11.8. The summed E-state index contributed by atoms with van der Waals surface area (Å²) in [6, 6.07) is -0.532. The van der Waals surface area contributed by atoms with E-state index in [1.807, 2.05) is 13.8 Å². The van der Waals surface area contributed by atoms with E-state index < -0.39 is 6.04 Å². The summed E-state index contributed by atoms with van der Waals surface area (Å²) in [7, 11) is 0. The molecule has 1 amide bonds. The van der Waals surface area contributed by atoms with Crippen LogP contribution in [0.1, 0.15) is 47.5 Å². The zero-order valence-corrected chi connectivity index (χ0v) is 11.4. The smallest absolute Gasteiger partial charge is 0.217 e. The zero-order chi connectivity index (χ0) is 13.6. The predicted molar refractivity (Wildman–Crippen MR) is 66.5 cm³/mol. The predicted octanol–water partition coefficient (Wildman–Crippen LogP) is 1.72. The highest BCUT2D eigenvalue weighted by Crippen LogP contribution is 2.09. The lowest BCUT2D eigenvalue weighted by Crippen LogP contribution is -2.42. The lowest BCUT2D eigenvalue weighted by Gasteiger charge is -2.18. The largest absolute Gasteiger partial charge is 0.347 e. The first-order valence-electron chi connectivity index (χ1n) is 6.09. The minimum atomic E-state index is -0.532. The second kappa shape index (κ2) is 7.20. The molecule has 0 aliphatic carbocycles. The van der Waals surface area contributed by atoms with Gasteiger partial charge in [-0.1, -0.05) is 27.7 Å². The van der Waals surface area contributed by atoms with Crippen molar-refractivity contribution in [3.05, 3.63) is 0 Å². The standard InChI is InChI=1S/C13H23NO3/c1-8(2)12(16)7-6-11(14-10(5)15)13(17)9(3)4/h8-9,11H,6-7H2,1-5H3,(H,14,15). The van der Waals surface area contributed by atoms with Crippen molar-refractivity contribution in [1.82, 2.24) is 5.32 Å². The molecular formula is C13H23NO3. The van der Waals surface area contributed by atoms with Gasteiger partial charge in [-0.05, 0) is 6.42 Å². The second-order valence-electron chi connectivity index (χ2n) is 4.97. The summed E-state index contributed by atoms with van der Waals surface area (Å²) in [5.41, 5.74) is 0. The average Bonchev–Trinajstić information content (AvgIpc) is 2.21. The Kier molecular flexibility index (Phi) is 6.69. The van der Waals surface area contributed by atoms with Crippen LogP contribution in [-0.2, 0) is 14.4 Å². The summed E-state index contributed by atoms with van der Waals surface area (Å²) >= 11 is 0. The van der Waals surface area contributed by atoms with Gasteiger partial charge in [0.1, 0.15) is 5.78 Å². The molecule has 0 rings (SSSR count). The van der Waals surface area contributed by atoms with E-state index in [9.17, 15) is 14.4 Å². The Morgan fingerprint density at radius 1 is 1.00 bits per heavy atom. The van der Waals surface area contributed by atoms with E-state index >= 15 is 0 Å². The Balaban J connectivity index is 4.45. The molecule has 0 aliphatic rings. The Bertz CT molecular complexity index is 295. The molecule has 0 aromatic rings. The fraction of sp³-hybridized carbons (Fsp3) is 0.769. The fourth-order valence-corrected chi connectivity index (χ4v) is 1.51. The molecule has 4 heteroatoms. The van der Waals surface area contributed by atoms with E-state index in [0.29, 0.717) is 12.8 Å². The maximum Gasteiger partial charge on any atom is 0.217 e. The molecule has 0 aliphatic heterocycles. The molecule has 0 aromatic heterocycles. The molecule has 4 nitrogen and oxygen atoms in total. The van der Waals surface area contributed by atoms with Crippen LogP contribution in [0, 0.1) is 11.8 Å². The first-order chi connectivity index (χ1) is 7.75. The van der Waals surface area contributed by atoms with Gasteiger partial charge in [0.2, 0.25) is 5.91 Å². The molecule has 0 saturated heterocycles. The molecule has 1 atom stereocenters. The van der Waals surface area contributed by atoms with Gasteiger partial charge < -0.3 is 5.32 Å². The zero-order valence-electron chi connectivity index (χ0n) is 11.4. The van der Waals surface area contributed by atoms with Gasteiger partial charge in [-0.2, -0.15) is 0 Å². The Hall–Kier alpha value is -1.19. The van der Waals surface area contributed by atoms with Crippen molar-refractivity contribution in [2.24, 2.45) is 11.8 Å². The van der Waals surface area contributed by atoms with Gasteiger partial charge in [-0.3, -0.25) is 14.4 Å². The highest BCUT2D eigenvalue weighted by atomic mass is 16.2. The molecule has 0 bridgehead atoms. The maximum absolute atomic E-state index is 11.8. The monoisotopic (exact) mass is 241 g/mol. The minimum Gasteiger partial charge on any atom is -0.347 e. The summed E-state index contributed by atoms with van der Waals surface area (Å²) in [4.78, 5) is 34.3. The molecule has 0 aromatic carbocycles. The van der Waals surface area contributed by atoms with Crippen molar-refractivity contribution >= 4 is 17.5 Å². The summed E-state index contributed by atoms with van der Waals surface area (Å²) < 4.78 is 0. The SMILES string of the molecule is CC(=O)NC(CCC(=O)C(C)C)C(=O)C(C)C. The Labute approximate surface area is 103 Å². The van der Waals surface area contributed by atoms with Gasteiger partial charge in [0.25, 0.3) is 0 Å². The molecule has 0 radical (unpaired) electrons. The van der Waals surface area contributed by atoms with Crippen molar-refractivity contribution in [2.45, 2.75) is 53.5 Å². The molecule has 1 N–H and O–H groups in total. The molecule has 98 valence electrons. The third kappa shape index (κ3) is 6.19. The summed E-state index contributed by atoms with van der Waals surface area (Å²) in [5, 5.41) is 2.61. The molecule has 0 saturated carbocycles. The number of carbonyl (C=O) groups is 3. The van der Waals surface area contributed by atoms with Gasteiger partial charge in [0.15, 0.2) is 5.78 Å². The first kappa shape index (κ1) is 15.8. The van der Waals surface area contributed by atoms with Gasteiger partial charge in [-0.25, -0.2) is 0 Å². The van der Waals surface area contributed by atoms with Crippen molar-refractivity contribution in [3.63, 3.8) is 0 Å². The molecule has 1 unspecified atom stereocenters. The average molecular weight is 241 g/mol. The number of hydrogen-bond donors (Lipinski definition) is 1. The van der Waals surface area contributed by atoms with E-state index in [4.69, 9.17) is 0 Å². The van der Waals surface area contributed by atoms with Crippen LogP contribution < -0.4 is 5.32 Å². The Morgan fingerprint density at radius 2 is 1.53 bits per heavy atom. The Morgan fingerprint density at radius 3 is 1.88 bits per heavy atom. The van der Waals surface area contributed by atoms with Crippen LogP contribution >= 0.6 is 0 Å². The number of hydrogen-bond acceptors (Lipinski definition) is 3. The number of rotatable bonds is 7. The minimum absolute atomic E-state index is 0.0169. The van der Waals surface area contributed by atoms with Crippen LogP contribution in [0.2, 0.25) is 0 Å². The van der Waals surface area contributed by atoms with E-state index in [1.54, 1.807) is 13.8 Å². The molecule has 17 heavy (non-hydrogen) atoms. The summed E-state index contributed by atoms with van der Waals surface area (Å²) in [5.74, 6) is -0.294. The van der Waals surface area contributed by atoms with Crippen molar-refractivity contribution in [1.29, 1.82) is 0 Å². The normalized spacial score (nSPS) is 12.6. The van der Waals surface area contributed by atoms with E-state index in [-0.39, 0.29) is 29.3 Å². The van der Waals surface area contributed by atoms with Gasteiger partial charge >= 0.3 is 0 Å². The third-order valence-electron chi connectivity index (χ3n) is 2.61. The number of Topliss-reactive ketones (excluding diaryl/α,β-unsaturated/α-hetero) is 2. The highest BCUT2D eigenvalue weighted by molar-refractivity contribution is 5.90. The van der Waals surface area contributed by atoms with Crippen LogP contribution in [0.4, 0.5) is 0 Å². The quantitative estimate of drug-likeness (QED) is 0.738. The second-order valence-corrected chi connectivity index (χ2v) is 4.97. The number of ketones is 2. The lowest BCUT2D eigenvalue weighted by molar-refractivity contribution is -0.129. The highest BCUT2D eigenvalue weighted by Gasteiger charge is 2.23. The molecule has 0 spiro atoms. The van der Waals surface area contributed by atoms with Crippen molar-refractivity contribution in [3.8, 4) is 0 Å². The van der Waals surface area contributed by atoms with Crippen LogP contribution in [0.15, 0.2) is 0 Å². The van der Waals surface area contributed by atoms with Gasteiger partial charge in [0.05, 0.1) is 6.04 Å². The van der Waals surface area contributed by atoms with E-state index in [1.165, 1.54) is 6.92 Å². The van der Waals surface area contributed by atoms with Crippen molar-refractivity contribution < 1.29 is 14.4 Å². The number of amides is 1. The first-order valence-corrected chi connectivity index (χ1v) is 6.09.